The van der Waals surface area contributed by atoms with Gasteiger partial charge in [-0.2, -0.15) is 0 Å². The minimum atomic E-state index is -3.61. The SMILES string of the molecule is CNS(=O)(=O)c1ccc(C)c(NC(=O)Cc2ccc(N(C)S(C)(=O)=O)cc2)c1. The van der Waals surface area contributed by atoms with Gasteiger partial charge in [0.25, 0.3) is 0 Å². The second kappa shape index (κ2) is 8.29. The molecule has 8 nitrogen and oxygen atoms in total. The molecule has 0 saturated carbocycles. The second-order valence-electron chi connectivity index (χ2n) is 6.31. The fraction of sp³-hybridized carbons (Fsp3) is 0.278. The number of nitrogens with one attached hydrogen (secondary N) is 2. The van der Waals surface area contributed by atoms with Crippen LogP contribution in [-0.2, 0) is 31.3 Å². The van der Waals surface area contributed by atoms with E-state index in [1.807, 2.05) is 0 Å². The number of carbonyl (C=O) groups is 1. The molecule has 1 amide bonds. The summed E-state index contributed by atoms with van der Waals surface area (Å²) < 4.78 is 50.4. The van der Waals surface area contributed by atoms with Crippen LogP contribution in [0.5, 0.6) is 0 Å². The molecular weight excluding hydrogens is 402 g/mol. The number of rotatable bonds is 7. The van der Waals surface area contributed by atoms with Crippen molar-refractivity contribution < 1.29 is 21.6 Å². The van der Waals surface area contributed by atoms with Crippen molar-refractivity contribution in [3.05, 3.63) is 53.6 Å². The first kappa shape index (κ1) is 21.9. The number of sulfonamides is 2. The zero-order chi connectivity index (χ0) is 21.1. The van der Waals surface area contributed by atoms with Crippen LogP contribution < -0.4 is 14.3 Å². The van der Waals surface area contributed by atoms with Gasteiger partial charge in [-0.05, 0) is 49.4 Å². The molecule has 0 aliphatic carbocycles. The summed E-state index contributed by atoms with van der Waals surface area (Å²) in [6.45, 7) is 1.77. The predicted molar refractivity (Wildman–Crippen MR) is 109 cm³/mol. The van der Waals surface area contributed by atoms with Crippen molar-refractivity contribution in [1.29, 1.82) is 0 Å². The Morgan fingerprint density at radius 2 is 1.64 bits per heavy atom. The lowest BCUT2D eigenvalue weighted by molar-refractivity contribution is -0.115. The summed E-state index contributed by atoms with van der Waals surface area (Å²) in [5, 5.41) is 2.72. The van der Waals surface area contributed by atoms with Crippen LogP contribution in [0.2, 0.25) is 0 Å². The van der Waals surface area contributed by atoms with E-state index in [9.17, 15) is 21.6 Å². The van der Waals surface area contributed by atoms with E-state index in [0.717, 1.165) is 16.1 Å². The first-order chi connectivity index (χ1) is 12.9. The van der Waals surface area contributed by atoms with Crippen molar-refractivity contribution in [3.8, 4) is 0 Å². The summed E-state index contributed by atoms with van der Waals surface area (Å²) in [6.07, 6.45) is 1.17. The highest BCUT2D eigenvalue weighted by molar-refractivity contribution is 7.92. The summed E-state index contributed by atoms with van der Waals surface area (Å²) in [5.74, 6) is -0.314. The maximum atomic E-state index is 12.4. The minimum absolute atomic E-state index is 0.0593. The molecule has 0 bridgehead atoms. The van der Waals surface area contributed by atoms with Gasteiger partial charge in [0.2, 0.25) is 26.0 Å². The third-order valence-electron chi connectivity index (χ3n) is 4.22. The smallest absolute Gasteiger partial charge is 0.240 e. The molecule has 0 heterocycles. The van der Waals surface area contributed by atoms with Crippen LogP contribution in [0.4, 0.5) is 11.4 Å². The van der Waals surface area contributed by atoms with Gasteiger partial charge in [-0.15, -0.1) is 0 Å². The zero-order valence-electron chi connectivity index (χ0n) is 16.1. The Bertz CT molecular complexity index is 1080. The van der Waals surface area contributed by atoms with Gasteiger partial charge in [-0.25, -0.2) is 21.6 Å². The number of aryl methyl sites for hydroxylation is 1. The first-order valence-electron chi connectivity index (χ1n) is 8.31. The molecule has 0 aromatic heterocycles. The monoisotopic (exact) mass is 425 g/mol. The molecule has 0 fully saturated rings. The molecule has 28 heavy (non-hydrogen) atoms. The lowest BCUT2D eigenvalue weighted by Gasteiger charge is -2.16. The number of amides is 1. The minimum Gasteiger partial charge on any atom is -0.326 e. The molecule has 152 valence electrons. The highest BCUT2D eigenvalue weighted by Gasteiger charge is 2.15. The van der Waals surface area contributed by atoms with Crippen LogP contribution >= 0.6 is 0 Å². The van der Waals surface area contributed by atoms with Crippen LogP contribution in [0.25, 0.3) is 0 Å². The number of hydrogen-bond donors (Lipinski definition) is 2. The summed E-state index contributed by atoms with van der Waals surface area (Å²) >= 11 is 0. The van der Waals surface area contributed by atoms with Gasteiger partial charge in [0.15, 0.2) is 0 Å². The summed E-state index contributed by atoms with van der Waals surface area (Å²) in [6, 6.07) is 11.1. The van der Waals surface area contributed by atoms with Crippen molar-refractivity contribution in [2.75, 3.05) is 30.0 Å². The van der Waals surface area contributed by atoms with Crippen molar-refractivity contribution in [1.82, 2.24) is 4.72 Å². The lowest BCUT2D eigenvalue weighted by Crippen LogP contribution is -2.24. The molecular formula is C18H23N3O5S2. The van der Waals surface area contributed by atoms with Gasteiger partial charge < -0.3 is 5.32 Å². The molecule has 0 aliphatic heterocycles. The molecule has 0 spiro atoms. The van der Waals surface area contributed by atoms with Gasteiger partial charge in [0.1, 0.15) is 0 Å². The van der Waals surface area contributed by atoms with Gasteiger partial charge >= 0.3 is 0 Å². The number of hydrogen-bond acceptors (Lipinski definition) is 5. The van der Waals surface area contributed by atoms with E-state index in [4.69, 9.17) is 0 Å². The molecule has 2 N–H and O–H groups in total. The topological polar surface area (TPSA) is 113 Å². The fourth-order valence-electron chi connectivity index (χ4n) is 2.42. The maximum absolute atomic E-state index is 12.4. The summed E-state index contributed by atoms with van der Waals surface area (Å²) in [5.41, 5.74) is 2.33. The van der Waals surface area contributed by atoms with Gasteiger partial charge in [0, 0.05) is 12.7 Å². The number of carbonyl (C=O) groups excluding carboxylic acids is 1. The highest BCUT2D eigenvalue weighted by Crippen LogP contribution is 2.21. The van der Waals surface area contributed by atoms with Crippen LogP contribution in [0.15, 0.2) is 47.4 Å². The average Bonchev–Trinajstić information content (AvgIpc) is 2.62. The van der Waals surface area contributed by atoms with Crippen LogP contribution in [-0.4, -0.2) is 43.1 Å². The van der Waals surface area contributed by atoms with E-state index in [1.165, 1.54) is 26.2 Å². The average molecular weight is 426 g/mol. The van der Waals surface area contributed by atoms with E-state index in [0.29, 0.717) is 16.9 Å². The van der Waals surface area contributed by atoms with E-state index >= 15 is 0 Å². The third-order valence-corrected chi connectivity index (χ3v) is 6.84. The second-order valence-corrected chi connectivity index (χ2v) is 10.2. The highest BCUT2D eigenvalue weighted by atomic mass is 32.2. The quantitative estimate of drug-likeness (QED) is 0.698. The molecule has 0 radical (unpaired) electrons. The van der Waals surface area contributed by atoms with Crippen molar-refractivity contribution in [3.63, 3.8) is 0 Å². The van der Waals surface area contributed by atoms with E-state index in [2.05, 4.69) is 10.0 Å². The molecule has 10 heteroatoms. The zero-order valence-corrected chi connectivity index (χ0v) is 17.7. The Hall–Kier alpha value is -2.43. The van der Waals surface area contributed by atoms with Crippen LogP contribution in [0, 0.1) is 6.92 Å². The number of anilines is 2. The first-order valence-corrected chi connectivity index (χ1v) is 11.6. The summed E-state index contributed by atoms with van der Waals surface area (Å²) in [7, 11) is -4.20. The third kappa shape index (κ3) is 5.31. The molecule has 2 aromatic carbocycles. The Labute approximate surface area is 165 Å². The molecule has 0 atom stereocenters. The Kier molecular flexibility index (Phi) is 6.48. The fourth-order valence-corrected chi connectivity index (χ4v) is 3.68. The van der Waals surface area contributed by atoms with Gasteiger partial charge in [-0.1, -0.05) is 18.2 Å². The maximum Gasteiger partial charge on any atom is 0.240 e. The van der Waals surface area contributed by atoms with E-state index < -0.39 is 20.0 Å². The van der Waals surface area contributed by atoms with Gasteiger partial charge in [0.05, 0.1) is 23.3 Å². The number of nitrogens with zero attached hydrogens (tertiary/aromatic N) is 1. The Morgan fingerprint density at radius 3 is 2.18 bits per heavy atom. The van der Waals surface area contributed by atoms with E-state index in [-0.39, 0.29) is 17.2 Å². The molecule has 2 aromatic rings. The van der Waals surface area contributed by atoms with E-state index in [1.54, 1.807) is 37.3 Å². The molecule has 2 rings (SSSR count). The predicted octanol–water partition coefficient (Wildman–Crippen LogP) is 1.48. The largest absolute Gasteiger partial charge is 0.326 e. The standard InChI is InChI=1S/C18H23N3O5S2/c1-13-5-10-16(28(25,26)19-2)12-17(13)20-18(22)11-14-6-8-15(9-7-14)21(3)27(4,23)24/h5-10,12,19H,11H2,1-4H3,(H,20,22). The summed E-state index contributed by atoms with van der Waals surface area (Å²) in [4.78, 5) is 12.4. The molecule has 0 saturated heterocycles. The molecule has 0 aliphatic rings. The Balaban J connectivity index is 2.14. The van der Waals surface area contributed by atoms with Crippen LogP contribution in [0.3, 0.4) is 0 Å². The Morgan fingerprint density at radius 1 is 1.04 bits per heavy atom. The molecule has 0 unspecified atom stereocenters. The van der Waals surface area contributed by atoms with Gasteiger partial charge in [-0.3, -0.25) is 9.10 Å². The normalized spacial score (nSPS) is 11.9. The van der Waals surface area contributed by atoms with Crippen molar-refractivity contribution in [2.24, 2.45) is 0 Å². The van der Waals surface area contributed by atoms with Crippen molar-refractivity contribution in [2.45, 2.75) is 18.2 Å². The van der Waals surface area contributed by atoms with Crippen molar-refractivity contribution >= 4 is 37.3 Å². The lowest BCUT2D eigenvalue weighted by atomic mass is 10.1. The number of benzene rings is 2. The van der Waals surface area contributed by atoms with Crippen LogP contribution in [0.1, 0.15) is 11.1 Å².